The Kier molecular flexibility index (Phi) is 4.17. The lowest BCUT2D eigenvalue weighted by atomic mass is 10.1. The highest BCUT2D eigenvalue weighted by molar-refractivity contribution is 7.99. The van der Waals surface area contributed by atoms with Crippen LogP contribution in [0.4, 0.5) is 0 Å². The van der Waals surface area contributed by atoms with Gasteiger partial charge in [0.05, 0.1) is 6.33 Å². The third-order valence-corrected chi connectivity index (χ3v) is 4.49. The monoisotopic (exact) mass is 299 g/mol. The molecule has 0 aliphatic carbocycles. The summed E-state index contributed by atoms with van der Waals surface area (Å²) in [5.74, 6) is 0.894. The maximum atomic E-state index is 4.35. The lowest BCUT2D eigenvalue weighted by Crippen LogP contribution is -2.18. The predicted octanol–water partition coefficient (Wildman–Crippen LogP) is 2.71. The Labute approximate surface area is 127 Å². The molecule has 0 fully saturated rings. The summed E-state index contributed by atoms with van der Waals surface area (Å²) in [6, 6.07) is 8.90. The van der Waals surface area contributed by atoms with Crippen LogP contribution >= 0.6 is 11.8 Å². The first-order chi connectivity index (χ1) is 10.3. The van der Waals surface area contributed by atoms with E-state index < -0.39 is 0 Å². The lowest BCUT2D eigenvalue weighted by molar-refractivity contribution is 0.661. The first-order valence-electron chi connectivity index (χ1n) is 6.78. The average molecular weight is 299 g/mol. The van der Waals surface area contributed by atoms with Gasteiger partial charge in [-0.3, -0.25) is 0 Å². The number of H-pyrrole nitrogens is 1. The van der Waals surface area contributed by atoms with Crippen molar-refractivity contribution in [3.05, 3.63) is 48.0 Å². The Balaban J connectivity index is 1.76. The van der Waals surface area contributed by atoms with E-state index in [0.29, 0.717) is 5.65 Å². The summed E-state index contributed by atoms with van der Waals surface area (Å²) in [4.78, 5) is 15.7. The molecule has 0 saturated heterocycles. The van der Waals surface area contributed by atoms with Crippen molar-refractivity contribution in [1.82, 2.24) is 25.3 Å². The standard InChI is InChI=1S/C15H17N5S/c1-10-3-5-11(6-4-10)12(16-2)7-21-15-13-14(18-8-17-13)19-9-20-15/h3-6,8-9,12,16H,7H2,1-2H3,(H,17,18,19,20). The zero-order valence-corrected chi connectivity index (χ0v) is 12.8. The topological polar surface area (TPSA) is 66.5 Å². The van der Waals surface area contributed by atoms with Gasteiger partial charge in [0.15, 0.2) is 5.65 Å². The molecule has 0 spiro atoms. The molecule has 0 saturated carbocycles. The van der Waals surface area contributed by atoms with Gasteiger partial charge in [0, 0.05) is 11.8 Å². The Morgan fingerprint density at radius 3 is 2.76 bits per heavy atom. The fourth-order valence-corrected chi connectivity index (χ4v) is 3.26. The van der Waals surface area contributed by atoms with Crippen molar-refractivity contribution in [1.29, 1.82) is 0 Å². The molecule has 2 N–H and O–H groups in total. The molecule has 2 heterocycles. The summed E-state index contributed by atoms with van der Waals surface area (Å²) in [6.07, 6.45) is 3.21. The van der Waals surface area contributed by atoms with Crippen molar-refractivity contribution in [2.45, 2.75) is 18.0 Å². The minimum Gasteiger partial charge on any atom is -0.341 e. The van der Waals surface area contributed by atoms with Crippen LogP contribution in [-0.4, -0.2) is 32.7 Å². The van der Waals surface area contributed by atoms with Crippen LogP contribution in [0.15, 0.2) is 41.9 Å². The third kappa shape index (κ3) is 3.06. The quantitative estimate of drug-likeness (QED) is 0.560. The van der Waals surface area contributed by atoms with Crippen molar-refractivity contribution in [2.24, 2.45) is 0 Å². The minimum atomic E-state index is 0.281. The Bertz CT molecular complexity index is 722. The zero-order valence-electron chi connectivity index (χ0n) is 12.0. The van der Waals surface area contributed by atoms with Crippen molar-refractivity contribution in [3.8, 4) is 0 Å². The van der Waals surface area contributed by atoms with Crippen LogP contribution in [-0.2, 0) is 0 Å². The Hall–Kier alpha value is -1.92. The van der Waals surface area contributed by atoms with Crippen LogP contribution in [0.1, 0.15) is 17.2 Å². The maximum Gasteiger partial charge on any atom is 0.181 e. The van der Waals surface area contributed by atoms with Crippen molar-refractivity contribution in [2.75, 3.05) is 12.8 Å². The number of hydrogen-bond acceptors (Lipinski definition) is 5. The smallest absolute Gasteiger partial charge is 0.181 e. The summed E-state index contributed by atoms with van der Waals surface area (Å²) < 4.78 is 0. The number of rotatable bonds is 5. The zero-order chi connectivity index (χ0) is 14.7. The van der Waals surface area contributed by atoms with Gasteiger partial charge in [0.25, 0.3) is 0 Å². The highest BCUT2D eigenvalue weighted by Gasteiger charge is 2.12. The molecule has 5 nitrogen and oxygen atoms in total. The lowest BCUT2D eigenvalue weighted by Gasteiger charge is -2.16. The van der Waals surface area contributed by atoms with E-state index in [2.05, 4.69) is 56.4 Å². The highest BCUT2D eigenvalue weighted by Crippen LogP contribution is 2.26. The van der Waals surface area contributed by atoms with E-state index in [4.69, 9.17) is 0 Å². The fourth-order valence-electron chi connectivity index (χ4n) is 2.16. The molecule has 6 heteroatoms. The second-order valence-electron chi connectivity index (χ2n) is 4.84. The number of thioether (sulfide) groups is 1. The fraction of sp³-hybridized carbons (Fsp3) is 0.267. The maximum absolute atomic E-state index is 4.35. The van der Waals surface area contributed by atoms with E-state index in [1.54, 1.807) is 24.4 Å². The molecule has 2 aromatic heterocycles. The van der Waals surface area contributed by atoms with Gasteiger partial charge in [-0.1, -0.05) is 29.8 Å². The van der Waals surface area contributed by atoms with Gasteiger partial charge in [0.2, 0.25) is 0 Å². The molecule has 3 aromatic rings. The van der Waals surface area contributed by atoms with Gasteiger partial charge < -0.3 is 10.3 Å². The normalized spacial score (nSPS) is 12.7. The van der Waals surface area contributed by atoms with Crippen LogP contribution < -0.4 is 5.32 Å². The number of fused-ring (bicyclic) bond motifs is 1. The van der Waals surface area contributed by atoms with Crippen LogP contribution in [0.25, 0.3) is 11.2 Å². The van der Waals surface area contributed by atoms with Crippen LogP contribution in [0, 0.1) is 6.92 Å². The Morgan fingerprint density at radius 1 is 1.19 bits per heavy atom. The molecule has 0 aliphatic heterocycles. The molecule has 108 valence electrons. The number of benzene rings is 1. The first-order valence-corrected chi connectivity index (χ1v) is 7.77. The summed E-state index contributed by atoms with van der Waals surface area (Å²) in [5, 5.41) is 4.29. The van der Waals surface area contributed by atoms with Gasteiger partial charge in [-0.25, -0.2) is 15.0 Å². The minimum absolute atomic E-state index is 0.281. The summed E-state index contributed by atoms with van der Waals surface area (Å²) in [6.45, 7) is 2.10. The second-order valence-corrected chi connectivity index (χ2v) is 5.85. The molecule has 21 heavy (non-hydrogen) atoms. The number of nitrogens with zero attached hydrogens (tertiary/aromatic N) is 3. The van der Waals surface area contributed by atoms with E-state index >= 15 is 0 Å². The molecule has 0 amide bonds. The molecular weight excluding hydrogens is 282 g/mol. The van der Waals surface area contributed by atoms with Gasteiger partial charge in [0.1, 0.15) is 16.9 Å². The molecule has 0 bridgehead atoms. The van der Waals surface area contributed by atoms with Crippen molar-refractivity contribution < 1.29 is 0 Å². The Morgan fingerprint density at radius 2 is 2.00 bits per heavy atom. The summed E-state index contributed by atoms with van der Waals surface area (Å²) in [7, 11) is 1.98. The van der Waals surface area contributed by atoms with Crippen LogP contribution in [0.2, 0.25) is 0 Å². The number of imidazole rings is 1. The van der Waals surface area contributed by atoms with E-state index in [1.165, 1.54) is 11.1 Å². The summed E-state index contributed by atoms with van der Waals surface area (Å²) in [5.41, 5.74) is 4.17. The third-order valence-electron chi connectivity index (χ3n) is 3.40. The molecule has 1 unspecified atom stereocenters. The molecule has 0 radical (unpaired) electrons. The number of hydrogen-bond donors (Lipinski definition) is 2. The molecule has 3 rings (SSSR count). The molecule has 1 aromatic carbocycles. The van der Waals surface area contributed by atoms with Crippen molar-refractivity contribution >= 4 is 22.9 Å². The second kappa shape index (κ2) is 6.24. The summed E-state index contributed by atoms with van der Waals surface area (Å²) >= 11 is 1.70. The molecular formula is C15H17N5S. The van der Waals surface area contributed by atoms with E-state index in [9.17, 15) is 0 Å². The number of aryl methyl sites for hydroxylation is 1. The SMILES string of the molecule is CNC(CSc1ncnc2nc[nH]c12)c1ccc(C)cc1. The van der Waals surface area contributed by atoms with E-state index in [1.807, 2.05) is 7.05 Å². The van der Waals surface area contributed by atoms with Gasteiger partial charge in [-0.2, -0.15) is 0 Å². The predicted molar refractivity (Wildman–Crippen MR) is 85.4 cm³/mol. The van der Waals surface area contributed by atoms with E-state index in [0.717, 1.165) is 16.3 Å². The van der Waals surface area contributed by atoms with Gasteiger partial charge >= 0.3 is 0 Å². The van der Waals surface area contributed by atoms with Crippen molar-refractivity contribution in [3.63, 3.8) is 0 Å². The average Bonchev–Trinajstić information content (AvgIpc) is 2.99. The number of nitrogens with one attached hydrogen (secondary N) is 2. The number of aromatic nitrogens is 4. The van der Waals surface area contributed by atoms with E-state index in [-0.39, 0.29) is 6.04 Å². The van der Waals surface area contributed by atoms with Gasteiger partial charge in [-0.15, -0.1) is 11.8 Å². The number of aromatic amines is 1. The van der Waals surface area contributed by atoms with Crippen LogP contribution in [0.3, 0.4) is 0 Å². The highest BCUT2D eigenvalue weighted by atomic mass is 32.2. The van der Waals surface area contributed by atoms with Crippen LogP contribution in [0.5, 0.6) is 0 Å². The first kappa shape index (κ1) is 14.0. The largest absolute Gasteiger partial charge is 0.341 e. The van der Waals surface area contributed by atoms with Gasteiger partial charge in [-0.05, 0) is 19.5 Å². The molecule has 1 atom stereocenters. The molecule has 0 aliphatic rings.